The zero-order chi connectivity index (χ0) is 15.6. The first-order valence-corrected chi connectivity index (χ1v) is 7.19. The van der Waals surface area contributed by atoms with Gasteiger partial charge in [-0.25, -0.2) is 4.79 Å². The van der Waals surface area contributed by atoms with Crippen LogP contribution in [0.5, 0.6) is 0 Å². The molecule has 2 rings (SSSR count). The van der Waals surface area contributed by atoms with E-state index in [9.17, 15) is 14.7 Å². The fourth-order valence-corrected chi connectivity index (χ4v) is 2.48. The average molecular weight is 290 g/mol. The van der Waals surface area contributed by atoms with Crippen molar-refractivity contribution in [3.63, 3.8) is 0 Å². The molecule has 0 spiro atoms. The summed E-state index contributed by atoms with van der Waals surface area (Å²) in [5, 5.41) is 15.2. The van der Waals surface area contributed by atoms with Crippen molar-refractivity contribution in [1.82, 2.24) is 5.32 Å². The van der Waals surface area contributed by atoms with E-state index in [0.717, 1.165) is 30.6 Å². The maximum absolute atomic E-state index is 12.3. The normalized spacial score (nSPS) is 15.6. The minimum atomic E-state index is -1.02. The maximum Gasteiger partial charge on any atom is 0.326 e. The number of fused-ring (bicyclic) bond motifs is 1. The molecule has 0 bridgehead atoms. The van der Waals surface area contributed by atoms with Gasteiger partial charge in [0.2, 0.25) is 0 Å². The highest BCUT2D eigenvalue weighted by Gasteiger charge is 2.32. The molecule has 0 saturated heterocycles. The fraction of sp³-hybridized carbons (Fsp3) is 0.500. The molecule has 3 N–H and O–H groups in total. The van der Waals surface area contributed by atoms with Gasteiger partial charge in [0.25, 0.3) is 5.91 Å². The first-order valence-electron chi connectivity index (χ1n) is 7.19. The summed E-state index contributed by atoms with van der Waals surface area (Å²) in [4.78, 5) is 23.6. The Balaban J connectivity index is 2.18. The number of benzene rings is 1. The average Bonchev–Trinajstić information content (AvgIpc) is 2.42. The number of anilines is 1. The van der Waals surface area contributed by atoms with Gasteiger partial charge in [-0.05, 0) is 42.0 Å². The van der Waals surface area contributed by atoms with E-state index in [1.54, 1.807) is 26.8 Å². The van der Waals surface area contributed by atoms with Gasteiger partial charge in [0, 0.05) is 17.8 Å². The van der Waals surface area contributed by atoms with Crippen LogP contribution < -0.4 is 10.6 Å². The number of hydrogen-bond acceptors (Lipinski definition) is 3. The smallest absolute Gasteiger partial charge is 0.326 e. The molecule has 0 fully saturated rings. The molecule has 1 aliphatic heterocycles. The molecule has 0 saturated carbocycles. The number of aryl methyl sites for hydroxylation is 1. The molecule has 1 aromatic rings. The summed E-state index contributed by atoms with van der Waals surface area (Å²) in [6.07, 6.45) is 1.98. The van der Waals surface area contributed by atoms with Crippen LogP contribution in [0.1, 0.15) is 43.1 Å². The van der Waals surface area contributed by atoms with Crippen molar-refractivity contribution in [3.05, 3.63) is 29.3 Å². The molecule has 5 nitrogen and oxygen atoms in total. The number of amides is 1. The van der Waals surface area contributed by atoms with Gasteiger partial charge in [-0.15, -0.1) is 0 Å². The number of carboxylic acids is 1. The van der Waals surface area contributed by atoms with Gasteiger partial charge in [0.1, 0.15) is 6.04 Å². The van der Waals surface area contributed by atoms with E-state index in [1.807, 2.05) is 12.1 Å². The predicted octanol–water partition coefficient (Wildman–Crippen LogP) is 2.27. The number of carbonyl (C=O) groups excluding carboxylic acids is 1. The van der Waals surface area contributed by atoms with Crippen molar-refractivity contribution < 1.29 is 14.7 Å². The van der Waals surface area contributed by atoms with Crippen molar-refractivity contribution in [3.8, 4) is 0 Å². The summed E-state index contributed by atoms with van der Waals surface area (Å²) in [6.45, 7) is 6.33. The van der Waals surface area contributed by atoms with Crippen LogP contribution in [0.15, 0.2) is 18.2 Å². The third-order valence-corrected chi connectivity index (χ3v) is 3.69. The molecule has 1 amide bonds. The lowest BCUT2D eigenvalue weighted by Gasteiger charge is -2.28. The van der Waals surface area contributed by atoms with Gasteiger partial charge in [-0.3, -0.25) is 4.79 Å². The van der Waals surface area contributed by atoms with Crippen LogP contribution in [0, 0.1) is 5.41 Å². The standard InChI is InChI=1S/C16H22N2O3/c1-16(2,3)13(15(20)21)18-14(19)11-6-7-12-10(9-11)5-4-8-17-12/h6-7,9,13,17H,4-5,8H2,1-3H3,(H,18,19)(H,20,21)/t13-/m1/s1. The van der Waals surface area contributed by atoms with E-state index in [2.05, 4.69) is 10.6 Å². The molecule has 1 atom stereocenters. The first kappa shape index (κ1) is 15.4. The van der Waals surface area contributed by atoms with Crippen molar-refractivity contribution in [1.29, 1.82) is 0 Å². The minimum absolute atomic E-state index is 0.342. The molecular formula is C16H22N2O3. The molecule has 0 radical (unpaired) electrons. The Hall–Kier alpha value is -2.04. The quantitative estimate of drug-likeness (QED) is 0.798. The van der Waals surface area contributed by atoms with E-state index >= 15 is 0 Å². The Morgan fingerprint density at radius 1 is 1.33 bits per heavy atom. The Morgan fingerprint density at radius 2 is 2.05 bits per heavy atom. The second-order valence-corrected chi connectivity index (χ2v) is 6.51. The summed E-state index contributed by atoms with van der Waals surface area (Å²) in [5.41, 5.74) is 2.13. The number of rotatable bonds is 3. The fourth-order valence-electron chi connectivity index (χ4n) is 2.48. The molecule has 1 heterocycles. The van der Waals surface area contributed by atoms with Crippen LogP contribution in [0.2, 0.25) is 0 Å². The summed E-state index contributed by atoms with van der Waals surface area (Å²) < 4.78 is 0. The van der Waals surface area contributed by atoms with Crippen LogP contribution in [0.4, 0.5) is 5.69 Å². The van der Waals surface area contributed by atoms with Crippen LogP contribution in [-0.4, -0.2) is 29.6 Å². The molecule has 1 aromatic carbocycles. The van der Waals surface area contributed by atoms with Crippen LogP contribution in [0.3, 0.4) is 0 Å². The summed E-state index contributed by atoms with van der Waals surface area (Å²) >= 11 is 0. The van der Waals surface area contributed by atoms with Gasteiger partial charge >= 0.3 is 5.97 Å². The number of carbonyl (C=O) groups is 2. The zero-order valence-electron chi connectivity index (χ0n) is 12.7. The third kappa shape index (κ3) is 3.54. The lowest BCUT2D eigenvalue weighted by atomic mass is 9.86. The number of hydrogen-bond donors (Lipinski definition) is 3. The number of carboxylic acid groups (broad SMARTS) is 1. The molecule has 21 heavy (non-hydrogen) atoms. The lowest BCUT2D eigenvalue weighted by Crippen LogP contribution is -2.49. The van der Waals surface area contributed by atoms with Gasteiger partial charge in [0.15, 0.2) is 0 Å². The largest absolute Gasteiger partial charge is 0.480 e. The molecular weight excluding hydrogens is 268 g/mol. The van der Waals surface area contributed by atoms with E-state index < -0.39 is 17.4 Å². The van der Waals surface area contributed by atoms with Crippen molar-refractivity contribution in [2.24, 2.45) is 5.41 Å². The molecule has 0 aliphatic carbocycles. The highest BCUT2D eigenvalue weighted by Crippen LogP contribution is 2.24. The van der Waals surface area contributed by atoms with Crippen LogP contribution in [0.25, 0.3) is 0 Å². The van der Waals surface area contributed by atoms with Crippen molar-refractivity contribution in [2.45, 2.75) is 39.7 Å². The monoisotopic (exact) mass is 290 g/mol. The zero-order valence-corrected chi connectivity index (χ0v) is 12.7. The summed E-state index contributed by atoms with van der Waals surface area (Å²) in [6, 6.07) is 4.54. The summed E-state index contributed by atoms with van der Waals surface area (Å²) in [7, 11) is 0. The Morgan fingerprint density at radius 3 is 2.67 bits per heavy atom. The highest BCUT2D eigenvalue weighted by molar-refractivity contribution is 5.97. The summed E-state index contributed by atoms with van der Waals surface area (Å²) in [5.74, 6) is -1.36. The van der Waals surface area contributed by atoms with Crippen LogP contribution in [-0.2, 0) is 11.2 Å². The van der Waals surface area contributed by atoms with E-state index in [1.165, 1.54) is 0 Å². The second kappa shape index (κ2) is 5.76. The van der Waals surface area contributed by atoms with Gasteiger partial charge in [-0.2, -0.15) is 0 Å². The third-order valence-electron chi connectivity index (χ3n) is 3.69. The highest BCUT2D eigenvalue weighted by atomic mass is 16.4. The Kier molecular flexibility index (Phi) is 4.21. The Labute approximate surface area is 124 Å². The molecule has 114 valence electrons. The SMILES string of the molecule is CC(C)(C)[C@H](NC(=O)c1ccc2c(c1)CCCN2)C(=O)O. The molecule has 5 heteroatoms. The molecule has 1 aliphatic rings. The second-order valence-electron chi connectivity index (χ2n) is 6.51. The minimum Gasteiger partial charge on any atom is -0.480 e. The molecule has 0 unspecified atom stereocenters. The van der Waals surface area contributed by atoms with E-state index in [4.69, 9.17) is 0 Å². The topological polar surface area (TPSA) is 78.4 Å². The number of nitrogens with one attached hydrogen (secondary N) is 2. The Bertz CT molecular complexity index is 561. The van der Waals surface area contributed by atoms with Crippen LogP contribution >= 0.6 is 0 Å². The van der Waals surface area contributed by atoms with Crippen molar-refractivity contribution >= 4 is 17.6 Å². The van der Waals surface area contributed by atoms with Crippen molar-refractivity contribution in [2.75, 3.05) is 11.9 Å². The maximum atomic E-state index is 12.3. The van der Waals surface area contributed by atoms with Gasteiger partial charge in [0.05, 0.1) is 0 Å². The lowest BCUT2D eigenvalue weighted by molar-refractivity contribution is -0.142. The van der Waals surface area contributed by atoms with E-state index in [-0.39, 0.29) is 5.91 Å². The van der Waals surface area contributed by atoms with Gasteiger partial charge < -0.3 is 15.7 Å². The molecule has 0 aromatic heterocycles. The van der Waals surface area contributed by atoms with E-state index in [0.29, 0.717) is 5.56 Å². The van der Waals surface area contributed by atoms with Gasteiger partial charge in [-0.1, -0.05) is 20.8 Å². The predicted molar refractivity (Wildman–Crippen MR) is 81.6 cm³/mol. The number of aliphatic carboxylic acids is 1. The first-order chi connectivity index (χ1) is 9.79.